The summed E-state index contributed by atoms with van der Waals surface area (Å²) in [7, 11) is 0. The minimum absolute atomic E-state index is 0.138. The number of carbonyl (C=O) groups excluding carboxylic acids is 3. The number of unbranched alkanes of at least 4 members (excludes halogenated alkanes) is 12. The molecule has 0 bridgehead atoms. The van der Waals surface area contributed by atoms with Gasteiger partial charge < -0.3 is 56.8 Å². The Morgan fingerprint density at radius 3 is 0.917 bits per heavy atom. The molecular weight excluding hydrogens is 782 g/mol. The Kier molecular flexibility index (Phi) is 43.3. The number of nitrogens with zero attached hydrogens (tertiary/aromatic N) is 1. The van der Waals surface area contributed by atoms with Crippen molar-refractivity contribution in [3.8, 4) is 0 Å². The van der Waals surface area contributed by atoms with E-state index >= 15 is 0 Å². The van der Waals surface area contributed by atoms with Crippen molar-refractivity contribution in [3.63, 3.8) is 0 Å². The van der Waals surface area contributed by atoms with Gasteiger partial charge in [-0.2, -0.15) is 0 Å². The highest BCUT2D eigenvalue weighted by molar-refractivity contribution is 6.12. The molecule has 0 aliphatic carbocycles. The van der Waals surface area contributed by atoms with Crippen LogP contribution in [0.5, 0.6) is 0 Å². The zero-order chi connectivity index (χ0) is 43.1. The van der Waals surface area contributed by atoms with Gasteiger partial charge >= 0.3 is 5.97 Å². The van der Waals surface area contributed by atoms with Gasteiger partial charge in [0.1, 0.15) is 6.61 Å². The molecule has 0 saturated carbocycles. The minimum atomic E-state index is -0.309. The average Bonchev–Trinajstić information content (AvgIpc) is 3.57. The Bertz CT molecular complexity index is 971. The third kappa shape index (κ3) is 40.0. The van der Waals surface area contributed by atoms with E-state index in [0.29, 0.717) is 145 Å². The number of amides is 2. The van der Waals surface area contributed by atoms with Crippen LogP contribution in [0, 0.1) is 0 Å². The van der Waals surface area contributed by atoms with Gasteiger partial charge in [-0.3, -0.25) is 19.3 Å². The second-order valence-electron chi connectivity index (χ2n) is 14.1. The minimum Gasteiger partial charge on any atom is -0.463 e. The lowest BCUT2D eigenvalue weighted by molar-refractivity contribution is -0.145. The van der Waals surface area contributed by atoms with E-state index in [-0.39, 0.29) is 37.5 Å². The highest BCUT2D eigenvalue weighted by Crippen LogP contribution is 2.13. The van der Waals surface area contributed by atoms with E-state index in [1.807, 2.05) is 0 Å². The van der Waals surface area contributed by atoms with Gasteiger partial charge in [-0.05, 0) is 6.42 Å². The lowest BCUT2D eigenvalue weighted by atomic mass is 10.0. The van der Waals surface area contributed by atoms with Crippen LogP contribution in [0.25, 0.3) is 0 Å². The van der Waals surface area contributed by atoms with Crippen molar-refractivity contribution in [3.05, 3.63) is 12.2 Å². The lowest BCUT2D eigenvalue weighted by Gasteiger charge is -2.13. The van der Waals surface area contributed by atoms with Crippen molar-refractivity contribution < 1.29 is 71.2 Å². The number of imide groups is 1. The Morgan fingerprint density at radius 2 is 0.617 bits per heavy atom. The molecule has 0 unspecified atom stereocenters. The first-order valence-electron chi connectivity index (χ1n) is 22.7. The van der Waals surface area contributed by atoms with Crippen molar-refractivity contribution in [2.45, 2.75) is 96.8 Å². The summed E-state index contributed by atoms with van der Waals surface area (Å²) in [5.74, 6) is -0.755. The fraction of sp³-hybridized carbons (Fsp3) is 0.886. The van der Waals surface area contributed by atoms with Crippen molar-refractivity contribution in [2.75, 3.05) is 159 Å². The summed E-state index contributed by atoms with van der Waals surface area (Å²) in [5.41, 5.74) is 0. The van der Waals surface area contributed by atoms with Crippen LogP contribution in [0.3, 0.4) is 0 Å². The first-order valence-corrected chi connectivity index (χ1v) is 22.7. The molecule has 0 fully saturated rings. The standard InChI is InChI=1S/C44H81NO15/c1-2-3-4-5-6-7-8-9-10-11-12-13-14-15-44(48)60-41-40-59-39-38-58-37-36-57-35-34-56-33-32-55-31-30-54-29-28-53-27-26-52-25-24-51-23-22-50-21-20-49-19-18-45-42(46)16-17-43(45)47/h16-17H,2-15,18-41H2,1H3. The van der Waals surface area contributed by atoms with Gasteiger partial charge in [0.25, 0.3) is 11.8 Å². The number of hydrogen-bond acceptors (Lipinski definition) is 15. The molecule has 1 aliphatic heterocycles. The zero-order valence-corrected chi connectivity index (χ0v) is 37.1. The van der Waals surface area contributed by atoms with Crippen LogP contribution in [0.4, 0.5) is 0 Å². The Hall–Kier alpha value is -2.09. The largest absolute Gasteiger partial charge is 0.463 e. The SMILES string of the molecule is CCCCCCCCCCCCCCCC(=O)OCCOCCOCCOCCOCCOCCOCCOCCOCCOCCOCCOCCN1C(=O)C=CC1=O. The average molecular weight is 864 g/mol. The highest BCUT2D eigenvalue weighted by atomic mass is 16.6. The normalized spacial score (nSPS) is 12.7. The monoisotopic (exact) mass is 864 g/mol. The summed E-state index contributed by atoms with van der Waals surface area (Å²) >= 11 is 0. The summed E-state index contributed by atoms with van der Waals surface area (Å²) in [6.07, 6.45) is 19.8. The molecule has 60 heavy (non-hydrogen) atoms. The van der Waals surface area contributed by atoms with E-state index in [0.717, 1.165) is 17.7 Å². The van der Waals surface area contributed by atoms with Gasteiger partial charge in [-0.1, -0.05) is 84.0 Å². The third-order valence-corrected chi connectivity index (χ3v) is 9.06. The van der Waals surface area contributed by atoms with Crippen molar-refractivity contribution >= 4 is 17.8 Å². The van der Waals surface area contributed by atoms with Gasteiger partial charge in [0.05, 0.1) is 152 Å². The fourth-order valence-corrected chi connectivity index (χ4v) is 5.68. The molecule has 0 atom stereocenters. The molecule has 0 spiro atoms. The van der Waals surface area contributed by atoms with Gasteiger partial charge in [0.15, 0.2) is 0 Å². The molecule has 1 heterocycles. The highest BCUT2D eigenvalue weighted by Gasteiger charge is 2.22. The van der Waals surface area contributed by atoms with Crippen LogP contribution in [0.2, 0.25) is 0 Å². The fourth-order valence-electron chi connectivity index (χ4n) is 5.68. The van der Waals surface area contributed by atoms with Gasteiger partial charge in [0, 0.05) is 18.6 Å². The smallest absolute Gasteiger partial charge is 0.305 e. The van der Waals surface area contributed by atoms with Crippen LogP contribution in [0.15, 0.2) is 12.2 Å². The van der Waals surface area contributed by atoms with E-state index in [9.17, 15) is 14.4 Å². The summed E-state index contributed by atoms with van der Waals surface area (Å²) in [6.45, 7) is 12.7. The molecule has 0 N–H and O–H groups in total. The van der Waals surface area contributed by atoms with Crippen molar-refractivity contribution in [1.29, 1.82) is 0 Å². The second kappa shape index (κ2) is 46.4. The molecule has 0 aromatic carbocycles. The summed E-state index contributed by atoms with van der Waals surface area (Å²) in [6, 6.07) is 0. The number of ether oxygens (including phenoxy) is 12. The van der Waals surface area contributed by atoms with E-state index in [4.69, 9.17) is 56.8 Å². The van der Waals surface area contributed by atoms with Gasteiger partial charge in [0.2, 0.25) is 0 Å². The first kappa shape index (κ1) is 55.9. The van der Waals surface area contributed by atoms with E-state index in [1.165, 1.54) is 82.8 Å². The predicted octanol–water partition coefficient (Wildman–Crippen LogP) is 5.12. The molecule has 0 radical (unpaired) electrons. The maximum absolute atomic E-state index is 11.9. The first-order chi connectivity index (χ1) is 29.6. The Balaban J connectivity index is 1.63. The van der Waals surface area contributed by atoms with Crippen LogP contribution in [-0.4, -0.2) is 181 Å². The van der Waals surface area contributed by atoms with Crippen LogP contribution >= 0.6 is 0 Å². The van der Waals surface area contributed by atoms with E-state index in [1.54, 1.807) is 0 Å². The number of carbonyl (C=O) groups is 3. The number of rotatable bonds is 50. The zero-order valence-electron chi connectivity index (χ0n) is 37.1. The molecule has 16 nitrogen and oxygen atoms in total. The maximum Gasteiger partial charge on any atom is 0.305 e. The Labute approximate surface area is 360 Å². The van der Waals surface area contributed by atoms with Crippen LogP contribution in [0.1, 0.15) is 96.8 Å². The molecule has 0 aromatic heterocycles. The number of hydrogen-bond donors (Lipinski definition) is 0. The van der Waals surface area contributed by atoms with E-state index in [2.05, 4.69) is 6.92 Å². The summed E-state index contributed by atoms with van der Waals surface area (Å²) < 4.78 is 65.4. The molecule has 1 rings (SSSR count). The molecular formula is C44H81NO15. The Morgan fingerprint density at radius 1 is 0.367 bits per heavy atom. The number of esters is 1. The summed E-state index contributed by atoms with van der Waals surface area (Å²) in [5, 5.41) is 0. The van der Waals surface area contributed by atoms with Crippen LogP contribution < -0.4 is 0 Å². The molecule has 0 saturated heterocycles. The maximum atomic E-state index is 11.9. The molecule has 2 amide bonds. The topological polar surface area (TPSA) is 165 Å². The molecule has 0 aromatic rings. The lowest BCUT2D eigenvalue weighted by Crippen LogP contribution is -2.33. The predicted molar refractivity (Wildman–Crippen MR) is 226 cm³/mol. The van der Waals surface area contributed by atoms with E-state index < -0.39 is 0 Å². The van der Waals surface area contributed by atoms with Gasteiger partial charge in [-0.25, -0.2) is 0 Å². The molecule has 352 valence electrons. The quantitative estimate of drug-likeness (QED) is 0.0449. The van der Waals surface area contributed by atoms with Crippen molar-refractivity contribution in [2.24, 2.45) is 0 Å². The molecule has 16 heteroatoms. The van der Waals surface area contributed by atoms with Crippen LogP contribution in [-0.2, 0) is 71.2 Å². The second-order valence-corrected chi connectivity index (χ2v) is 14.1. The third-order valence-electron chi connectivity index (χ3n) is 9.06. The summed E-state index contributed by atoms with van der Waals surface area (Å²) in [4.78, 5) is 35.9. The van der Waals surface area contributed by atoms with Gasteiger partial charge in [-0.15, -0.1) is 0 Å². The van der Waals surface area contributed by atoms with Crippen molar-refractivity contribution in [1.82, 2.24) is 4.90 Å². The molecule has 1 aliphatic rings.